The average Bonchev–Trinajstić information content (AvgIpc) is 2.82. The summed E-state index contributed by atoms with van der Waals surface area (Å²) in [7, 11) is 0. The van der Waals surface area contributed by atoms with Crippen LogP contribution in [-0.2, 0) is 11.2 Å². The number of aromatic nitrogens is 1. The number of carbonyl (C=O) groups is 1. The molecule has 1 unspecified atom stereocenters. The van der Waals surface area contributed by atoms with Crippen LogP contribution in [0.1, 0.15) is 31.9 Å². The summed E-state index contributed by atoms with van der Waals surface area (Å²) in [6, 6.07) is 3.86. The molecule has 1 aromatic heterocycles. The highest BCUT2D eigenvalue weighted by Crippen LogP contribution is 2.24. The minimum atomic E-state index is -0.786. The molecule has 1 aliphatic heterocycles. The predicted octanol–water partition coefficient (Wildman–Crippen LogP) is 1.89. The molecule has 0 bridgehead atoms. The van der Waals surface area contributed by atoms with E-state index in [2.05, 4.69) is 9.88 Å². The van der Waals surface area contributed by atoms with E-state index in [0.29, 0.717) is 6.42 Å². The highest BCUT2D eigenvalue weighted by Gasteiger charge is 2.40. The quantitative estimate of drug-likeness (QED) is 0.839. The number of carboxylic acids is 1. The fourth-order valence-electron chi connectivity index (χ4n) is 2.56. The van der Waals surface area contributed by atoms with Crippen molar-refractivity contribution < 1.29 is 9.90 Å². The molecular formula is C13H20N2O2. The van der Waals surface area contributed by atoms with Gasteiger partial charge in [0.25, 0.3) is 0 Å². The van der Waals surface area contributed by atoms with Crippen LogP contribution in [0.5, 0.6) is 0 Å². The van der Waals surface area contributed by atoms with E-state index in [-0.39, 0.29) is 0 Å². The molecule has 0 aromatic carbocycles. The van der Waals surface area contributed by atoms with Gasteiger partial charge < -0.3 is 10.1 Å². The van der Waals surface area contributed by atoms with Gasteiger partial charge in [0.05, 0.1) is 0 Å². The summed E-state index contributed by atoms with van der Waals surface area (Å²) in [6.07, 6.45) is 5.80. The van der Waals surface area contributed by atoms with Crippen molar-refractivity contribution in [3.8, 4) is 0 Å². The summed E-state index contributed by atoms with van der Waals surface area (Å²) in [4.78, 5) is 16.8. The minimum absolute atomic E-state index is 0.537. The summed E-state index contributed by atoms with van der Waals surface area (Å²) in [5.41, 5.74) is 0.200. The van der Waals surface area contributed by atoms with E-state index in [1.165, 1.54) is 6.42 Å². The Labute approximate surface area is 102 Å². The summed E-state index contributed by atoms with van der Waals surface area (Å²) in [5.74, 6) is -0.728. The second-order valence-corrected chi connectivity index (χ2v) is 5.00. The van der Waals surface area contributed by atoms with Crippen molar-refractivity contribution in [1.82, 2.24) is 9.88 Å². The molecule has 94 valence electrons. The summed E-state index contributed by atoms with van der Waals surface area (Å²) >= 11 is 0. The second kappa shape index (κ2) is 4.92. The van der Waals surface area contributed by atoms with E-state index in [4.69, 9.17) is 0 Å². The lowest BCUT2D eigenvalue weighted by Gasteiger charge is -2.40. The average molecular weight is 236 g/mol. The van der Waals surface area contributed by atoms with E-state index in [1.54, 1.807) is 0 Å². The first kappa shape index (κ1) is 12.2. The molecule has 4 nitrogen and oxygen atoms in total. The number of aromatic amines is 1. The van der Waals surface area contributed by atoms with Crippen molar-refractivity contribution in [2.45, 2.75) is 38.1 Å². The molecular weight excluding hydrogens is 216 g/mol. The molecule has 2 rings (SSSR count). The van der Waals surface area contributed by atoms with Gasteiger partial charge >= 0.3 is 5.97 Å². The fraction of sp³-hybridized carbons (Fsp3) is 0.615. The second-order valence-electron chi connectivity index (χ2n) is 5.00. The Morgan fingerprint density at radius 1 is 1.47 bits per heavy atom. The molecule has 0 spiro atoms. The maximum absolute atomic E-state index is 11.6. The van der Waals surface area contributed by atoms with Gasteiger partial charge in [0.15, 0.2) is 0 Å². The maximum atomic E-state index is 11.6. The Hall–Kier alpha value is -1.29. The van der Waals surface area contributed by atoms with Crippen molar-refractivity contribution in [3.63, 3.8) is 0 Å². The molecule has 1 aromatic rings. The van der Waals surface area contributed by atoms with Gasteiger partial charge in [-0.15, -0.1) is 0 Å². The van der Waals surface area contributed by atoms with Gasteiger partial charge in [-0.2, -0.15) is 0 Å². The number of nitrogens with one attached hydrogen (secondary N) is 1. The molecule has 0 aliphatic carbocycles. The lowest BCUT2D eigenvalue weighted by atomic mass is 9.91. The van der Waals surface area contributed by atoms with Crippen LogP contribution >= 0.6 is 0 Å². The molecule has 0 saturated carbocycles. The minimum Gasteiger partial charge on any atom is -0.480 e. The zero-order chi connectivity index (χ0) is 12.3. The highest BCUT2D eigenvalue weighted by atomic mass is 16.4. The number of nitrogens with zero attached hydrogens (tertiary/aromatic N) is 1. The van der Waals surface area contributed by atoms with Gasteiger partial charge in [-0.25, -0.2) is 0 Å². The first-order valence-corrected chi connectivity index (χ1v) is 6.23. The van der Waals surface area contributed by atoms with Crippen LogP contribution in [0.15, 0.2) is 18.3 Å². The Morgan fingerprint density at radius 2 is 2.18 bits per heavy atom. The lowest BCUT2D eigenvalue weighted by molar-refractivity contribution is -0.151. The number of likely N-dealkylation sites (tertiary alicyclic amines) is 1. The zero-order valence-electron chi connectivity index (χ0n) is 10.3. The third-order valence-corrected chi connectivity index (χ3v) is 3.71. The molecule has 2 N–H and O–H groups in total. The molecule has 17 heavy (non-hydrogen) atoms. The molecule has 1 aliphatic rings. The number of aliphatic carboxylic acids is 1. The first-order valence-electron chi connectivity index (χ1n) is 6.23. The van der Waals surface area contributed by atoms with E-state index in [9.17, 15) is 9.90 Å². The van der Waals surface area contributed by atoms with Crippen LogP contribution in [-0.4, -0.2) is 39.6 Å². The van der Waals surface area contributed by atoms with Crippen molar-refractivity contribution in [2.75, 3.05) is 13.1 Å². The molecule has 1 saturated heterocycles. The largest absolute Gasteiger partial charge is 0.480 e. The summed E-state index contributed by atoms with van der Waals surface area (Å²) < 4.78 is 0. The molecule has 1 fully saturated rings. The smallest absolute Gasteiger partial charge is 0.324 e. The first-order chi connectivity index (χ1) is 8.13. The van der Waals surface area contributed by atoms with Crippen LogP contribution in [0.2, 0.25) is 0 Å². The Bertz CT molecular complexity index is 369. The number of H-pyrrole nitrogens is 1. The normalized spacial score (nSPS) is 21.0. The van der Waals surface area contributed by atoms with Gasteiger partial charge in [-0.3, -0.25) is 9.69 Å². The molecule has 2 heterocycles. The Balaban J connectivity index is 2.16. The Kier molecular flexibility index (Phi) is 3.52. The molecule has 0 amide bonds. The van der Waals surface area contributed by atoms with Crippen LogP contribution in [0, 0.1) is 0 Å². The number of piperidine rings is 1. The van der Waals surface area contributed by atoms with Gasteiger partial charge in [-0.1, -0.05) is 6.42 Å². The predicted molar refractivity (Wildman–Crippen MR) is 66.0 cm³/mol. The number of rotatable bonds is 4. The van der Waals surface area contributed by atoms with Gasteiger partial charge in [-0.05, 0) is 45.0 Å². The van der Waals surface area contributed by atoms with Crippen LogP contribution in [0.25, 0.3) is 0 Å². The third kappa shape index (κ3) is 2.52. The third-order valence-electron chi connectivity index (χ3n) is 3.71. The van der Waals surface area contributed by atoms with Crippen LogP contribution in [0.3, 0.4) is 0 Å². The van der Waals surface area contributed by atoms with E-state index < -0.39 is 11.5 Å². The van der Waals surface area contributed by atoms with Gasteiger partial charge in [0, 0.05) is 18.3 Å². The summed E-state index contributed by atoms with van der Waals surface area (Å²) in [6.45, 7) is 3.62. The van der Waals surface area contributed by atoms with Crippen molar-refractivity contribution in [2.24, 2.45) is 0 Å². The van der Waals surface area contributed by atoms with Crippen LogP contribution < -0.4 is 0 Å². The fourth-order valence-corrected chi connectivity index (χ4v) is 2.56. The summed E-state index contributed by atoms with van der Waals surface area (Å²) in [5, 5.41) is 9.53. The van der Waals surface area contributed by atoms with Crippen LogP contribution in [0.4, 0.5) is 0 Å². The van der Waals surface area contributed by atoms with Crippen molar-refractivity contribution in [3.05, 3.63) is 24.0 Å². The number of hydrogen-bond donors (Lipinski definition) is 2. The highest BCUT2D eigenvalue weighted by molar-refractivity contribution is 5.78. The monoisotopic (exact) mass is 236 g/mol. The van der Waals surface area contributed by atoms with Crippen molar-refractivity contribution >= 4 is 5.97 Å². The lowest BCUT2D eigenvalue weighted by Crippen LogP contribution is -2.55. The standard InChI is InChI=1S/C13H20N2O2/c1-13(12(16)17,10-11-6-5-7-14-11)15-8-3-2-4-9-15/h5-7,14H,2-4,8-10H2,1H3,(H,16,17). The van der Waals surface area contributed by atoms with E-state index >= 15 is 0 Å². The SMILES string of the molecule is CC(Cc1ccc[nH]1)(C(=O)O)N1CCCCC1. The number of carboxylic acid groups (broad SMARTS) is 1. The van der Waals surface area contributed by atoms with Gasteiger partial charge in [0.1, 0.15) is 5.54 Å². The number of hydrogen-bond acceptors (Lipinski definition) is 2. The Morgan fingerprint density at radius 3 is 2.71 bits per heavy atom. The molecule has 1 atom stereocenters. The van der Waals surface area contributed by atoms with E-state index in [1.807, 2.05) is 25.3 Å². The zero-order valence-corrected chi connectivity index (χ0v) is 10.3. The van der Waals surface area contributed by atoms with Crippen molar-refractivity contribution in [1.29, 1.82) is 0 Å². The van der Waals surface area contributed by atoms with Gasteiger partial charge in [0.2, 0.25) is 0 Å². The topological polar surface area (TPSA) is 56.3 Å². The molecule has 0 radical (unpaired) electrons. The molecule has 4 heteroatoms. The maximum Gasteiger partial charge on any atom is 0.324 e. The van der Waals surface area contributed by atoms with E-state index in [0.717, 1.165) is 31.6 Å².